The van der Waals surface area contributed by atoms with E-state index in [0.29, 0.717) is 11.5 Å². The lowest BCUT2D eigenvalue weighted by atomic mass is 10.0. The minimum absolute atomic E-state index is 0.627. The Bertz CT molecular complexity index is 1190. The number of aromatic nitrogens is 3. The van der Waals surface area contributed by atoms with E-state index in [1.807, 2.05) is 18.2 Å². The van der Waals surface area contributed by atoms with Gasteiger partial charge in [0.2, 0.25) is 0 Å². The number of aromatic amines is 2. The van der Waals surface area contributed by atoms with Gasteiger partial charge in [-0.25, -0.2) is 0 Å². The van der Waals surface area contributed by atoms with Gasteiger partial charge in [0.1, 0.15) is 5.69 Å². The highest BCUT2D eigenvalue weighted by Gasteiger charge is 2.15. The molecule has 0 bridgehead atoms. The van der Waals surface area contributed by atoms with E-state index < -0.39 is 0 Å². The van der Waals surface area contributed by atoms with Crippen LogP contribution in [0.25, 0.3) is 33.2 Å². The molecule has 4 aromatic rings. The minimum atomic E-state index is 0.627. The Kier molecular flexibility index (Phi) is 4.76. The van der Waals surface area contributed by atoms with Crippen molar-refractivity contribution in [2.75, 3.05) is 19.8 Å². The van der Waals surface area contributed by atoms with Crippen LogP contribution in [0.1, 0.15) is 24.0 Å². The lowest BCUT2D eigenvalue weighted by molar-refractivity contribution is 0.0662. The largest absolute Gasteiger partial charge is 0.381 e. The predicted octanol–water partition coefficient (Wildman–Crippen LogP) is 4.10. The molecular weight excluding hydrogens is 362 g/mol. The van der Waals surface area contributed by atoms with Gasteiger partial charge < -0.3 is 15.0 Å². The summed E-state index contributed by atoms with van der Waals surface area (Å²) in [7, 11) is 0. The van der Waals surface area contributed by atoms with Crippen molar-refractivity contribution in [2.45, 2.75) is 19.4 Å². The Morgan fingerprint density at radius 2 is 2.00 bits per heavy atom. The fourth-order valence-electron chi connectivity index (χ4n) is 4.16. The monoisotopic (exact) mass is 385 g/mol. The SMILES string of the molecule is N#Cc1ccc2c(-c3cc4c(CNCC5CCOCC5)cccc4[nH]3)n[nH]c2c1. The molecule has 146 valence electrons. The van der Waals surface area contributed by atoms with Crippen LogP contribution in [0.4, 0.5) is 0 Å². The molecule has 1 fully saturated rings. The molecule has 0 saturated carbocycles. The van der Waals surface area contributed by atoms with Gasteiger partial charge in [-0.1, -0.05) is 12.1 Å². The van der Waals surface area contributed by atoms with Gasteiger partial charge in [0.05, 0.1) is 22.8 Å². The molecule has 1 aliphatic heterocycles. The highest BCUT2D eigenvalue weighted by molar-refractivity contribution is 5.96. The van der Waals surface area contributed by atoms with Gasteiger partial charge in [0.15, 0.2) is 0 Å². The number of rotatable bonds is 5. The second kappa shape index (κ2) is 7.70. The highest BCUT2D eigenvalue weighted by Crippen LogP contribution is 2.30. The number of ether oxygens (including phenoxy) is 1. The van der Waals surface area contributed by atoms with Gasteiger partial charge in [-0.3, -0.25) is 5.10 Å². The summed E-state index contributed by atoms with van der Waals surface area (Å²) in [5.41, 5.74) is 5.74. The van der Waals surface area contributed by atoms with Gasteiger partial charge >= 0.3 is 0 Å². The van der Waals surface area contributed by atoms with E-state index in [-0.39, 0.29) is 0 Å². The van der Waals surface area contributed by atoms with Crippen LogP contribution in [0.3, 0.4) is 0 Å². The van der Waals surface area contributed by atoms with Gasteiger partial charge in [0.25, 0.3) is 0 Å². The normalized spacial score (nSPS) is 15.1. The van der Waals surface area contributed by atoms with Crippen LogP contribution in [0.15, 0.2) is 42.5 Å². The van der Waals surface area contributed by atoms with Crippen LogP contribution in [0.2, 0.25) is 0 Å². The van der Waals surface area contributed by atoms with Crippen molar-refractivity contribution in [3.63, 3.8) is 0 Å². The highest BCUT2D eigenvalue weighted by atomic mass is 16.5. The first kappa shape index (κ1) is 17.9. The van der Waals surface area contributed by atoms with Crippen LogP contribution in [0, 0.1) is 17.2 Å². The summed E-state index contributed by atoms with van der Waals surface area (Å²) < 4.78 is 5.45. The third-order valence-corrected chi connectivity index (χ3v) is 5.79. The molecule has 3 heterocycles. The van der Waals surface area contributed by atoms with E-state index in [4.69, 9.17) is 10.00 Å². The fraction of sp³-hybridized carbons (Fsp3) is 0.304. The number of H-pyrrole nitrogens is 2. The predicted molar refractivity (Wildman–Crippen MR) is 113 cm³/mol. The number of hydrogen-bond acceptors (Lipinski definition) is 4. The first-order chi connectivity index (χ1) is 14.3. The molecule has 0 radical (unpaired) electrons. The van der Waals surface area contributed by atoms with E-state index in [0.717, 1.165) is 67.0 Å². The Balaban J connectivity index is 1.40. The molecule has 0 aliphatic carbocycles. The Hall–Kier alpha value is -3.14. The van der Waals surface area contributed by atoms with Gasteiger partial charge in [-0.2, -0.15) is 10.4 Å². The number of benzene rings is 2. The average Bonchev–Trinajstić information content (AvgIpc) is 3.38. The van der Waals surface area contributed by atoms with Crippen molar-refractivity contribution in [1.82, 2.24) is 20.5 Å². The molecule has 2 aromatic heterocycles. The number of nitrogens with zero attached hydrogens (tertiary/aromatic N) is 2. The van der Waals surface area contributed by atoms with E-state index in [1.165, 1.54) is 10.9 Å². The van der Waals surface area contributed by atoms with E-state index in [9.17, 15) is 0 Å². The first-order valence-electron chi connectivity index (χ1n) is 10.1. The number of fused-ring (bicyclic) bond motifs is 2. The lowest BCUT2D eigenvalue weighted by Crippen LogP contribution is -2.27. The zero-order chi connectivity index (χ0) is 19.6. The number of nitriles is 1. The minimum Gasteiger partial charge on any atom is -0.381 e. The van der Waals surface area contributed by atoms with Gasteiger partial charge in [0, 0.05) is 36.0 Å². The molecule has 6 heteroatoms. The van der Waals surface area contributed by atoms with Crippen LogP contribution in [-0.4, -0.2) is 34.9 Å². The van der Waals surface area contributed by atoms with E-state index in [1.54, 1.807) is 0 Å². The quantitative estimate of drug-likeness (QED) is 0.482. The van der Waals surface area contributed by atoms with Crippen molar-refractivity contribution in [3.05, 3.63) is 53.6 Å². The first-order valence-corrected chi connectivity index (χ1v) is 10.1. The zero-order valence-electron chi connectivity index (χ0n) is 16.2. The molecule has 0 atom stereocenters. The molecule has 0 spiro atoms. The molecule has 5 rings (SSSR count). The zero-order valence-corrected chi connectivity index (χ0v) is 16.2. The third-order valence-electron chi connectivity index (χ3n) is 5.79. The van der Waals surface area contributed by atoms with Crippen molar-refractivity contribution in [3.8, 4) is 17.5 Å². The molecule has 1 aliphatic rings. The molecule has 6 nitrogen and oxygen atoms in total. The smallest absolute Gasteiger partial charge is 0.116 e. The molecule has 2 aromatic carbocycles. The molecule has 1 saturated heterocycles. The summed E-state index contributed by atoms with van der Waals surface area (Å²) >= 11 is 0. The van der Waals surface area contributed by atoms with Gasteiger partial charge in [-0.15, -0.1) is 0 Å². The van der Waals surface area contributed by atoms with Crippen molar-refractivity contribution < 1.29 is 4.74 Å². The Labute approximate surface area is 168 Å². The number of nitrogens with one attached hydrogen (secondary N) is 3. The molecule has 0 amide bonds. The van der Waals surface area contributed by atoms with Crippen LogP contribution in [0.5, 0.6) is 0 Å². The van der Waals surface area contributed by atoms with Gasteiger partial charge in [-0.05, 0) is 61.2 Å². The van der Waals surface area contributed by atoms with Crippen LogP contribution >= 0.6 is 0 Å². The Morgan fingerprint density at radius 1 is 1.10 bits per heavy atom. The summed E-state index contributed by atoms with van der Waals surface area (Å²) in [6.07, 6.45) is 2.29. The molecule has 0 unspecified atom stereocenters. The molecule has 3 N–H and O–H groups in total. The maximum Gasteiger partial charge on any atom is 0.116 e. The van der Waals surface area contributed by atoms with E-state index in [2.05, 4.69) is 50.8 Å². The summed E-state index contributed by atoms with van der Waals surface area (Å²) in [4.78, 5) is 3.51. The average molecular weight is 385 g/mol. The van der Waals surface area contributed by atoms with Crippen molar-refractivity contribution in [2.24, 2.45) is 5.92 Å². The lowest BCUT2D eigenvalue weighted by Gasteiger charge is -2.22. The van der Waals surface area contributed by atoms with Crippen LogP contribution < -0.4 is 5.32 Å². The maximum absolute atomic E-state index is 9.10. The second-order valence-electron chi connectivity index (χ2n) is 7.69. The van der Waals surface area contributed by atoms with Crippen LogP contribution in [-0.2, 0) is 11.3 Å². The van der Waals surface area contributed by atoms with Crippen molar-refractivity contribution >= 4 is 21.8 Å². The number of hydrogen-bond donors (Lipinski definition) is 3. The summed E-state index contributed by atoms with van der Waals surface area (Å²) in [6, 6.07) is 16.3. The Morgan fingerprint density at radius 3 is 2.86 bits per heavy atom. The van der Waals surface area contributed by atoms with Crippen molar-refractivity contribution in [1.29, 1.82) is 5.26 Å². The third kappa shape index (κ3) is 3.51. The topological polar surface area (TPSA) is 89.5 Å². The van der Waals surface area contributed by atoms with E-state index >= 15 is 0 Å². The fourth-order valence-corrected chi connectivity index (χ4v) is 4.16. The molecular formula is C23H23N5O. The summed E-state index contributed by atoms with van der Waals surface area (Å²) in [5, 5.41) is 22.5. The second-order valence-corrected chi connectivity index (χ2v) is 7.69. The summed E-state index contributed by atoms with van der Waals surface area (Å²) in [6.45, 7) is 3.65. The molecule has 29 heavy (non-hydrogen) atoms. The summed E-state index contributed by atoms with van der Waals surface area (Å²) in [5.74, 6) is 0.707. The standard InChI is InChI=1S/C23H23N5O/c24-12-16-4-5-18-21(10-16)27-28-23(18)22-11-19-17(2-1-3-20(19)26-22)14-25-13-15-6-8-29-9-7-15/h1-5,10-11,15,25-26H,6-9,13-14H2,(H,27,28). The maximum atomic E-state index is 9.10.